The van der Waals surface area contributed by atoms with Crippen LogP contribution in [0.25, 0.3) is 0 Å². The number of urea groups is 1. The highest BCUT2D eigenvalue weighted by Gasteiger charge is 2.27. The number of hydrogen-bond acceptors (Lipinski definition) is 5. The Bertz CT molecular complexity index is 681. The van der Waals surface area contributed by atoms with Crippen molar-refractivity contribution in [1.29, 1.82) is 0 Å². The van der Waals surface area contributed by atoms with Gasteiger partial charge in [-0.05, 0) is 76.9 Å². The van der Waals surface area contributed by atoms with Crippen molar-refractivity contribution in [2.45, 2.75) is 64.6 Å². The second-order valence-corrected chi connectivity index (χ2v) is 10.4. The summed E-state index contributed by atoms with van der Waals surface area (Å²) in [5.74, 6) is 0.536. The minimum atomic E-state index is -0.519. The largest absolute Gasteiger partial charge is 0.444 e. The van der Waals surface area contributed by atoms with Gasteiger partial charge in [0.1, 0.15) is 5.60 Å². The van der Waals surface area contributed by atoms with Crippen molar-refractivity contribution in [3.8, 4) is 0 Å². The predicted molar refractivity (Wildman–Crippen MR) is 120 cm³/mol. The first kappa shape index (κ1) is 22.9. The quantitative estimate of drug-likeness (QED) is 0.739. The number of nitrogens with one attached hydrogen (secondary N) is 2. The van der Waals surface area contributed by atoms with Crippen molar-refractivity contribution in [2.24, 2.45) is 5.92 Å². The van der Waals surface area contributed by atoms with Crippen LogP contribution in [0.2, 0.25) is 0 Å². The van der Waals surface area contributed by atoms with Crippen LogP contribution in [0.15, 0.2) is 17.5 Å². The summed E-state index contributed by atoms with van der Waals surface area (Å²) in [6.07, 6.45) is 3.58. The van der Waals surface area contributed by atoms with E-state index in [1.807, 2.05) is 37.0 Å². The summed E-state index contributed by atoms with van der Waals surface area (Å²) >= 11 is 1.82. The van der Waals surface area contributed by atoms with E-state index >= 15 is 0 Å². The van der Waals surface area contributed by atoms with E-state index in [-0.39, 0.29) is 12.1 Å². The number of thiophene rings is 1. The van der Waals surface area contributed by atoms with Gasteiger partial charge in [0.05, 0.1) is 0 Å². The molecule has 2 N–H and O–H groups in total. The fraction of sp³-hybridized carbons (Fsp3) is 0.727. The van der Waals surface area contributed by atoms with E-state index in [0.717, 1.165) is 58.4 Å². The summed E-state index contributed by atoms with van der Waals surface area (Å²) < 4.78 is 5.33. The first-order valence-electron chi connectivity index (χ1n) is 11.1. The van der Waals surface area contributed by atoms with Crippen LogP contribution < -0.4 is 10.6 Å². The van der Waals surface area contributed by atoms with Crippen molar-refractivity contribution < 1.29 is 14.3 Å². The minimum absolute atomic E-state index is 0.0216. The van der Waals surface area contributed by atoms with Gasteiger partial charge in [-0.25, -0.2) is 9.59 Å². The van der Waals surface area contributed by atoms with Gasteiger partial charge in [-0.3, -0.25) is 4.90 Å². The lowest BCUT2D eigenvalue weighted by molar-refractivity contribution is 0.0479. The third-order valence-electron chi connectivity index (χ3n) is 5.64. The minimum Gasteiger partial charge on any atom is -0.444 e. The Balaban J connectivity index is 1.35. The molecule has 3 heterocycles. The van der Waals surface area contributed by atoms with Crippen LogP contribution in [0.5, 0.6) is 0 Å². The molecule has 1 unspecified atom stereocenters. The number of hydrogen-bond donors (Lipinski definition) is 2. The van der Waals surface area contributed by atoms with Crippen LogP contribution in [0.4, 0.5) is 9.59 Å². The standard InChI is InChI=1S/C22H36N4O3S/c1-22(2,3)29-21(28)24-18-6-4-10-26(15-18)20(27)23-14-17-8-11-25(12-9-17)16-19-7-5-13-30-19/h5,7,13,17-18H,4,6,8-12,14-16H2,1-3H3,(H,23,27)(H,24,28). The molecule has 1 aromatic heterocycles. The highest BCUT2D eigenvalue weighted by molar-refractivity contribution is 7.09. The zero-order valence-electron chi connectivity index (χ0n) is 18.5. The topological polar surface area (TPSA) is 73.9 Å². The Kier molecular flexibility index (Phi) is 7.99. The first-order chi connectivity index (χ1) is 14.3. The van der Waals surface area contributed by atoms with Crippen molar-refractivity contribution in [2.75, 3.05) is 32.7 Å². The summed E-state index contributed by atoms with van der Waals surface area (Å²) in [7, 11) is 0. The van der Waals surface area contributed by atoms with E-state index in [1.54, 1.807) is 0 Å². The molecule has 1 aromatic rings. The lowest BCUT2D eigenvalue weighted by Crippen LogP contribution is -2.53. The molecule has 0 spiro atoms. The monoisotopic (exact) mass is 436 g/mol. The fourth-order valence-electron chi connectivity index (χ4n) is 4.07. The summed E-state index contributed by atoms with van der Waals surface area (Å²) in [5.41, 5.74) is -0.519. The number of amides is 3. The molecule has 2 aliphatic rings. The highest BCUT2D eigenvalue weighted by atomic mass is 32.1. The third kappa shape index (κ3) is 7.47. The normalized spacial score (nSPS) is 21.3. The molecule has 3 rings (SSSR count). The molecule has 3 amide bonds. The SMILES string of the molecule is CC(C)(C)OC(=O)NC1CCCN(C(=O)NCC2CCN(Cc3cccs3)CC2)C1. The zero-order valence-corrected chi connectivity index (χ0v) is 19.3. The smallest absolute Gasteiger partial charge is 0.407 e. The van der Waals surface area contributed by atoms with Gasteiger partial charge in [0.25, 0.3) is 0 Å². The third-order valence-corrected chi connectivity index (χ3v) is 6.50. The first-order valence-corrected chi connectivity index (χ1v) is 11.9. The highest BCUT2D eigenvalue weighted by Crippen LogP contribution is 2.20. The van der Waals surface area contributed by atoms with Gasteiger partial charge in [0.15, 0.2) is 0 Å². The van der Waals surface area contributed by atoms with Crippen LogP contribution in [-0.4, -0.2) is 66.3 Å². The van der Waals surface area contributed by atoms with Gasteiger partial charge < -0.3 is 20.3 Å². The number of nitrogens with zero attached hydrogens (tertiary/aromatic N) is 2. The number of likely N-dealkylation sites (tertiary alicyclic amines) is 2. The number of rotatable bonds is 5. The maximum Gasteiger partial charge on any atom is 0.407 e. The molecule has 0 aromatic carbocycles. The average Bonchev–Trinajstić information content (AvgIpc) is 3.19. The summed E-state index contributed by atoms with van der Waals surface area (Å²) in [6.45, 7) is 10.7. The van der Waals surface area contributed by atoms with Gasteiger partial charge in [0, 0.05) is 37.1 Å². The molecule has 2 saturated heterocycles. The molecule has 8 heteroatoms. The van der Waals surface area contributed by atoms with Gasteiger partial charge in [-0.1, -0.05) is 6.07 Å². The van der Waals surface area contributed by atoms with Crippen LogP contribution in [0, 0.1) is 5.92 Å². The average molecular weight is 437 g/mol. The Morgan fingerprint density at radius 3 is 2.63 bits per heavy atom. The lowest BCUT2D eigenvalue weighted by Gasteiger charge is -2.35. The van der Waals surface area contributed by atoms with E-state index in [9.17, 15) is 9.59 Å². The van der Waals surface area contributed by atoms with E-state index in [0.29, 0.717) is 12.5 Å². The predicted octanol–water partition coefficient (Wildman–Crippen LogP) is 3.66. The molecule has 2 aliphatic heterocycles. The molecule has 0 aliphatic carbocycles. The number of piperidine rings is 2. The summed E-state index contributed by atoms with van der Waals surface area (Å²) in [4.78, 5) is 30.4. The number of ether oxygens (including phenoxy) is 1. The van der Waals surface area contributed by atoms with Gasteiger partial charge >= 0.3 is 12.1 Å². The molecule has 0 bridgehead atoms. The molecule has 2 fully saturated rings. The Labute approximate surface area is 184 Å². The molecule has 30 heavy (non-hydrogen) atoms. The fourth-order valence-corrected chi connectivity index (χ4v) is 4.81. The Morgan fingerprint density at radius 2 is 1.97 bits per heavy atom. The van der Waals surface area contributed by atoms with Crippen LogP contribution in [0.3, 0.4) is 0 Å². The summed E-state index contributed by atoms with van der Waals surface area (Å²) in [6, 6.07) is 4.23. The number of carbonyl (C=O) groups is 2. The number of carbonyl (C=O) groups excluding carboxylic acids is 2. The second kappa shape index (κ2) is 10.5. The van der Waals surface area contributed by atoms with Gasteiger partial charge in [-0.15, -0.1) is 11.3 Å². The van der Waals surface area contributed by atoms with Crippen molar-refractivity contribution in [3.05, 3.63) is 22.4 Å². The summed E-state index contributed by atoms with van der Waals surface area (Å²) in [5, 5.41) is 8.15. The molecule has 7 nitrogen and oxygen atoms in total. The van der Waals surface area contributed by atoms with E-state index in [1.165, 1.54) is 4.88 Å². The zero-order chi connectivity index (χ0) is 21.6. The Hall–Kier alpha value is -1.80. The van der Waals surface area contributed by atoms with Crippen LogP contribution in [0.1, 0.15) is 51.3 Å². The van der Waals surface area contributed by atoms with Crippen molar-refractivity contribution >= 4 is 23.5 Å². The van der Waals surface area contributed by atoms with E-state index in [2.05, 4.69) is 33.0 Å². The second-order valence-electron chi connectivity index (χ2n) is 9.42. The Morgan fingerprint density at radius 1 is 1.20 bits per heavy atom. The van der Waals surface area contributed by atoms with E-state index in [4.69, 9.17) is 4.74 Å². The molecular weight excluding hydrogens is 400 g/mol. The molecular formula is C22H36N4O3S. The maximum absolute atomic E-state index is 12.6. The van der Waals surface area contributed by atoms with Crippen LogP contribution in [-0.2, 0) is 11.3 Å². The molecule has 0 radical (unpaired) electrons. The molecule has 0 saturated carbocycles. The maximum atomic E-state index is 12.6. The van der Waals surface area contributed by atoms with Crippen molar-refractivity contribution in [3.63, 3.8) is 0 Å². The van der Waals surface area contributed by atoms with E-state index < -0.39 is 11.7 Å². The van der Waals surface area contributed by atoms with Crippen molar-refractivity contribution in [1.82, 2.24) is 20.4 Å². The number of alkyl carbamates (subject to hydrolysis) is 1. The van der Waals surface area contributed by atoms with Gasteiger partial charge in [-0.2, -0.15) is 0 Å². The van der Waals surface area contributed by atoms with Gasteiger partial charge in [0.2, 0.25) is 0 Å². The lowest BCUT2D eigenvalue weighted by atomic mass is 9.97. The van der Waals surface area contributed by atoms with Crippen LogP contribution >= 0.6 is 11.3 Å². The molecule has 168 valence electrons. The molecule has 1 atom stereocenters.